The fraction of sp³-hybridized carbons (Fsp3) is 0.200. The first kappa shape index (κ1) is 12.3. The van der Waals surface area contributed by atoms with E-state index < -0.39 is 15.8 Å². The van der Waals surface area contributed by atoms with Gasteiger partial charge >= 0.3 is 5.76 Å². The second-order valence-electron chi connectivity index (χ2n) is 3.81. The topological polar surface area (TPSA) is 105 Å². The number of nitrogens with zero attached hydrogens (tertiary/aromatic N) is 1. The van der Waals surface area contributed by atoms with Gasteiger partial charge in [-0.25, -0.2) is 13.2 Å². The maximum absolute atomic E-state index is 12.1. The normalized spacial score (nSPS) is 15.7. The van der Waals surface area contributed by atoms with E-state index >= 15 is 0 Å². The van der Waals surface area contributed by atoms with Crippen molar-refractivity contribution in [2.75, 3.05) is 12.3 Å². The molecule has 3 rings (SSSR count). The number of H-pyrrole nitrogens is 1. The smallest absolute Gasteiger partial charge is 0.408 e. The lowest BCUT2D eigenvalue weighted by Gasteiger charge is -2.06. The van der Waals surface area contributed by atoms with Crippen LogP contribution in [0.2, 0.25) is 0 Å². The van der Waals surface area contributed by atoms with Gasteiger partial charge in [-0.15, -0.1) is 0 Å². The second kappa shape index (κ2) is 4.42. The summed E-state index contributed by atoms with van der Waals surface area (Å²) in [5.41, 5.74) is 0.658. The van der Waals surface area contributed by atoms with Crippen LogP contribution in [0, 0.1) is 0 Å². The summed E-state index contributed by atoms with van der Waals surface area (Å²) in [6, 6.07) is 4.16. The van der Waals surface area contributed by atoms with Crippen molar-refractivity contribution in [1.82, 2.24) is 9.71 Å². The zero-order valence-corrected chi connectivity index (χ0v) is 11.2. The number of aromatic nitrogens is 1. The summed E-state index contributed by atoms with van der Waals surface area (Å²) >= 11 is 1.36. The van der Waals surface area contributed by atoms with Crippen LogP contribution in [0.3, 0.4) is 0 Å². The first-order chi connectivity index (χ1) is 9.04. The third-order valence-corrected chi connectivity index (χ3v) is 4.86. The first-order valence-corrected chi connectivity index (χ1v) is 7.84. The molecule has 1 aromatic heterocycles. The number of thioether (sulfide) groups is 1. The summed E-state index contributed by atoms with van der Waals surface area (Å²) in [5.74, 6) is 0.152. The van der Waals surface area contributed by atoms with Crippen molar-refractivity contribution >= 4 is 38.1 Å². The monoisotopic (exact) mass is 299 g/mol. The standard InChI is InChI=1S/C10H9N3O4S2/c14-10-12-7-5-6(1-2-8(7)17-10)19(15,16)13-9-11-3-4-18-9/h1-2,5H,3-4H2,(H,11,13)(H,12,14). The van der Waals surface area contributed by atoms with Gasteiger partial charge in [-0.2, -0.15) is 0 Å². The molecule has 0 spiro atoms. The van der Waals surface area contributed by atoms with Crippen LogP contribution in [0.1, 0.15) is 0 Å². The Morgan fingerprint density at radius 1 is 1.42 bits per heavy atom. The van der Waals surface area contributed by atoms with Crippen LogP contribution in [0.15, 0.2) is 37.3 Å². The van der Waals surface area contributed by atoms with E-state index in [1.165, 1.54) is 30.0 Å². The molecule has 0 aliphatic carbocycles. The van der Waals surface area contributed by atoms with E-state index in [-0.39, 0.29) is 4.90 Å². The lowest BCUT2D eigenvalue weighted by molar-refractivity contribution is 0.555. The Labute approximate surface area is 112 Å². The quantitative estimate of drug-likeness (QED) is 0.840. The number of benzene rings is 1. The van der Waals surface area contributed by atoms with Crippen molar-refractivity contribution in [2.45, 2.75) is 4.90 Å². The van der Waals surface area contributed by atoms with E-state index in [4.69, 9.17) is 4.42 Å². The lowest BCUT2D eigenvalue weighted by Crippen LogP contribution is -2.27. The Bertz CT molecular complexity index is 819. The molecule has 100 valence electrons. The largest absolute Gasteiger partial charge is 0.417 e. The molecule has 0 unspecified atom stereocenters. The third kappa shape index (κ3) is 2.38. The molecule has 0 fully saturated rings. The van der Waals surface area contributed by atoms with E-state index in [2.05, 4.69) is 14.7 Å². The molecule has 1 aliphatic rings. The van der Waals surface area contributed by atoms with E-state index in [1.807, 2.05) is 0 Å². The van der Waals surface area contributed by atoms with Crippen molar-refractivity contribution in [1.29, 1.82) is 0 Å². The zero-order chi connectivity index (χ0) is 13.5. The summed E-state index contributed by atoms with van der Waals surface area (Å²) < 4.78 is 31.4. The summed E-state index contributed by atoms with van der Waals surface area (Å²) in [6.45, 7) is 0.608. The van der Waals surface area contributed by atoms with E-state index in [1.54, 1.807) is 0 Å². The maximum atomic E-state index is 12.1. The highest BCUT2D eigenvalue weighted by Gasteiger charge is 2.19. The molecule has 0 saturated carbocycles. The zero-order valence-electron chi connectivity index (χ0n) is 9.54. The van der Waals surface area contributed by atoms with E-state index in [9.17, 15) is 13.2 Å². The van der Waals surface area contributed by atoms with E-state index in [0.717, 1.165) is 5.75 Å². The average Bonchev–Trinajstić information content (AvgIpc) is 2.95. The molecule has 2 heterocycles. The van der Waals surface area contributed by atoms with Crippen LogP contribution in [0.5, 0.6) is 0 Å². The van der Waals surface area contributed by atoms with Crippen LogP contribution in [0.25, 0.3) is 11.1 Å². The second-order valence-corrected chi connectivity index (χ2v) is 6.58. The Balaban J connectivity index is 2.00. The Morgan fingerprint density at radius 2 is 2.26 bits per heavy atom. The number of nitrogens with one attached hydrogen (secondary N) is 2. The van der Waals surface area contributed by atoms with Crippen LogP contribution in [-0.2, 0) is 10.0 Å². The van der Waals surface area contributed by atoms with Gasteiger partial charge in [0.2, 0.25) is 0 Å². The van der Waals surface area contributed by atoms with Gasteiger partial charge in [0.25, 0.3) is 10.0 Å². The van der Waals surface area contributed by atoms with Gasteiger partial charge in [-0.1, -0.05) is 11.8 Å². The molecular weight excluding hydrogens is 290 g/mol. The first-order valence-electron chi connectivity index (χ1n) is 5.37. The molecule has 1 aromatic carbocycles. The summed E-state index contributed by atoms with van der Waals surface area (Å²) in [7, 11) is -3.69. The van der Waals surface area contributed by atoms with Gasteiger partial charge in [-0.3, -0.25) is 14.7 Å². The predicted molar refractivity (Wildman–Crippen MR) is 71.9 cm³/mol. The molecular formula is C10H9N3O4S2. The Hall–Kier alpha value is -1.74. The predicted octanol–water partition coefficient (Wildman–Crippen LogP) is 0.502. The van der Waals surface area contributed by atoms with Crippen molar-refractivity contribution in [3.05, 3.63) is 28.7 Å². The van der Waals surface area contributed by atoms with Crippen LogP contribution in [-0.4, -0.2) is 30.9 Å². The molecule has 0 amide bonds. The molecule has 2 aromatic rings. The number of hydrogen-bond donors (Lipinski definition) is 2. The molecule has 7 nitrogen and oxygen atoms in total. The summed E-state index contributed by atoms with van der Waals surface area (Å²) in [4.78, 5) is 17.5. The van der Waals surface area contributed by atoms with Gasteiger partial charge in [0.15, 0.2) is 10.8 Å². The molecule has 0 bridgehead atoms. The number of rotatable bonds is 2. The lowest BCUT2D eigenvalue weighted by atomic mass is 10.3. The highest BCUT2D eigenvalue weighted by atomic mass is 32.2. The van der Waals surface area contributed by atoms with Crippen molar-refractivity contribution in [3.8, 4) is 0 Å². The van der Waals surface area contributed by atoms with Gasteiger partial charge in [0.05, 0.1) is 17.0 Å². The van der Waals surface area contributed by atoms with Crippen molar-refractivity contribution in [3.63, 3.8) is 0 Å². The van der Waals surface area contributed by atoms with Gasteiger partial charge in [0.1, 0.15) is 0 Å². The number of amidine groups is 1. The van der Waals surface area contributed by atoms with Crippen LogP contribution in [0.4, 0.5) is 0 Å². The fourth-order valence-electron chi connectivity index (χ4n) is 1.67. The summed E-state index contributed by atoms with van der Waals surface area (Å²) in [5, 5.41) is 0.390. The third-order valence-electron chi connectivity index (χ3n) is 2.51. The maximum Gasteiger partial charge on any atom is 0.417 e. The summed E-state index contributed by atoms with van der Waals surface area (Å²) in [6.07, 6.45) is 0. The number of aromatic amines is 1. The Morgan fingerprint density at radius 3 is 3.00 bits per heavy atom. The minimum absolute atomic E-state index is 0.0484. The highest BCUT2D eigenvalue weighted by Crippen LogP contribution is 2.18. The SMILES string of the molecule is O=c1[nH]c2cc(S(=O)(=O)NC3=NCCS3)ccc2o1. The molecule has 19 heavy (non-hydrogen) atoms. The van der Waals surface area contributed by atoms with Crippen molar-refractivity contribution in [2.24, 2.45) is 4.99 Å². The fourth-order valence-corrected chi connectivity index (χ4v) is 3.72. The van der Waals surface area contributed by atoms with Crippen LogP contribution >= 0.6 is 11.8 Å². The molecule has 2 N–H and O–H groups in total. The number of sulfonamides is 1. The molecule has 0 radical (unpaired) electrons. The number of hydrogen-bond acceptors (Lipinski definition) is 6. The molecule has 9 heteroatoms. The van der Waals surface area contributed by atoms with Crippen LogP contribution < -0.4 is 10.5 Å². The average molecular weight is 299 g/mol. The van der Waals surface area contributed by atoms with Gasteiger partial charge < -0.3 is 4.42 Å². The van der Waals surface area contributed by atoms with Crippen molar-refractivity contribution < 1.29 is 12.8 Å². The number of fused-ring (bicyclic) bond motifs is 1. The highest BCUT2D eigenvalue weighted by molar-refractivity contribution is 8.15. The Kier molecular flexibility index (Phi) is 2.86. The molecule has 0 atom stereocenters. The minimum atomic E-state index is -3.69. The number of oxazole rings is 1. The van der Waals surface area contributed by atoms with E-state index in [0.29, 0.717) is 22.8 Å². The minimum Gasteiger partial charge on any atom is -0.408 e. The molecule has 0 saturated heterocycles. The van der Waals surface area contributed by atoms with Gasteiger partial charge in [-0.05, 0) is 18.2 Å². The number of aliphatic imine (C=N–C) groups is 1. The van der Waals surface area contributed by atoms with Gasteiger partial charge in [0, 0.05) is 5.75 Å². The molecule has 1 aliphatic heterocycles.